The number of hydrogen-bond acceptors (Lipinski definition) is 2. The van der Waals surface area contributed by atoms with Crippen LogP contribution in [-0.4, -0.2) is 6.54 Å². The van der Waals surface area contributed by atoms with Crippen molar-refractivity contribution in [2.24, 2.45) is 0 Å². The van der Waals surface area contributed by atoms with Gasteiger partial charge in [0.25, 0.3) is 0 Å². The van der Waals surface area contributed by atoms with Crippen molar-refractivity contribution in [3.8, 4) is 0 Å². The van der Waals surface area contributed by atoms with E-state index in [9.17, 15) is 0 Å². The van der Waals surface area contributed by atoms with E-state index in [0.717, 1.165) is 12.3 Å². The van der Waals surface area contributed by atoms with E-state index in [1.165, 1.54) is 25.7 Å². The molecule has 1 N–H and O–H groups in total. The van der Waals surface area contributed by atoms with Gasteiger partial charge in [-0.15, -0.1) is 0 Å². The summed E-state index contributed by atoms with van der Waals surface area (Å²) in [5, 5.41) is 3.51. The lowest BCUT2D eigenvalue weighted by atomic mass is 10.1. The molecule has 0 bridgehead atoms. The van der Waals surface area contributed by atoms with Crippen molar-refractivity contribution < 1.29 is 4.42 Å². The predicted octanol–water partition coefficient (Wildman–Crippen LogP) is 3.51. The molecule has 0 aliphatic rings. The standard InChI is InChI=1S/C12H21NO/c1-3-5-7-11(13-9-4-2)12-8-6-10-14-12/h6,8,10-11,13H,3-5,7,9H2,1-2H3. The van der Waals surface area contributed by atoms with Gasteiger partial charge in [0.05, 0.1) is 12.3 Å². The number of nitrogens with one attached hydrogen (secondary N) is 1. The third kappa shape index (κ3) is 3.54. The van der Waals surface area contributed by atoms with Crippen LogP contribution in [0.1, 0.15) is 51.3 Å². The maximum Gasteiger partial charge on any atom is 0.120 e. The van der Waals surface area contributed by atoms with E-state index >= 15 is 0 Å². The van der Waals surface area contributed by atoms with Crippen LogP contribution in [0.3, 0.4) is 0 Å². The van der Waals surface area contributed by atoms with Crippen LogP contribution in [0.5, 0.6) is 0 Å². The van der Waals surface area contributed by atoms with Gasteiger partial charge in [-0.25, -0.2) is 0 Å². The summed E-state index contributed by atoms with van der Waals surface area (Å²) in [7, 11) is 0. The Morgan fingerprint density at radius 3 is 2.79 bits per heavy atom. The molecular weight excluding hydrogens is 174 g/mol. The average molecular weight is 195 g/mol. The van der Waals surface area contributed by atoms with E-state index in [0.29, 0.717) is 6.04 Å². The highest BCUT2D eigenvalue weighted by Gasteiger charge is 2.11. The third-order valence-corrected chi connectivity index (χ3v) is 2.37. The lowest BCUT2D eigenvalue weighted by Gasteiger charge is -2.15. The van der Waals surface area contributed by atoms with Gasteiger partial charge in [0, 0.05) is 0 Å². The van der Waals surface area contributed by atoms with Crippen LogP contribution < -0.4 is 5.32 Å². The minimum absolute atomic E-state index is 0.407. The molecule has 2 heteroatoms. The van der Waals surface area contributed by atoms with Gasteiger partial charge >= 0.3 is 0 Å². The first-order chi connectivity index (χ1) is 6.88. The summed E-state index contributed by atoms with van der Waals surface area (Å²) in [6.07, 6.45) is 6.59. The van der Waals surface area contributed by atoms with Crippen molar-refractivity contribution in [2.45, 2.75) is 45.6 Å². The summed E-state index contributed by atoms with van der Waals surface area (Å²) >= 11 is 0. The van der Waals surface area contributed by atoms with Crippen molar-refractivity contribution in [1.82, 2.24) is 5.32 Å². The first-order valence-electron chi connectivity index (χ1n) is 5.65. The van der Waals surface area contributed by atoms with E-state index < -0.39 is 0 Å². The number of furan rings is 1. The zero-order valence-electron chi connectivity index (χ0n) is 9.25. The maximum atomic E-state index is 5.43. The summed E-state index contributed by atoms with van der Waals surface area (Å²) in [6.45, 7) is 5.47. The van der Waals surface area contributed by atoms with Gasteiger partial charge in [0.15, 0.2) is 0 Å². The van der Waals surface area contributed by atoms with Crippen LogP contribution in [0.2, 0.25) is 0 Å². The summed E-state index contributed by atoms with van der Waals surface area (Å²) in [4.78, 5) is 0. The van der Waals surface area contributed by atoms with Gasteiger partial charge in [-0.05, 0) is 31.5 Å². The van der Waals surface area contributed by atoms with Crippen molar-refractivity contribution in [2.75, 3.05) is 6.54 Å². The Bertz CT molecular complexity index is 210. The van der Waals surface area contributed by atoms with E-state index in [1.54, 1.807) is 6.26 Å². The van der Waals surface area contributed by atoms with Crippen molar-refractivity contribution in [1.29, 1.82) is 0 Å². The maximum absolute atomic E-state index is 5.43. The van der Waals surface area contributed by atoms with E-state index in [4.69, 9.17) is 4.42 Å². The Hall–Kier alpha value is -0.760. The van der Waals surface area contributed by atoms with Crippen LogP contribution in [0.25, 0.3) is 0 Å². The molecule has 0 amide bonds. The summed E-state index contributed by atoms with van der Waals surface area (Å²) in [5.74, 6) is 1.08. The smallest absolute Gasteiger partial charge is 0.120 e. The summed E-state index contributed by atoms with van der Waals surface area (Å²) in [5.41, 5.74) is 0. The fraction of sp³-hybridized carbons (Fsp3) is 0.667. The second-order valence-electron chi connectivity index (χ2n) is 3.66. The number of rotatable bonds is 7. The zero-order valence-corrected chi connectivity index (χ0v) is 9.25. The largest absolute Gasteiger partial charge is 0.468 e. The van der Waals surface area contributed by atoms with E-state index in [-0.39, 0.29) is 0 Å². The molecule has 1 aromatic rings. The molecule has 0 aliphatic carbocycles. The fourth-order valence-electron chi connectivity index (χ4n) is 1.56. The minimum Gasteiger partial charge on any atom is -0.468 e. The normalized spacial score (nSPS) is 13.0. The van der Waals surface area contributed by atoms with Gasteiger partial charge in [0.2, 0.25) is 0 Å². The van der Waals surface area contributed by atoms with Crippen LogP contribution in [0, 0.1) is 0 Å². The number of unbranched alkanes of at least 4 members (excludes halogenated alkanes) is 1. The lowest BCUT2D eigenvalue weighted by Crippen LogP contribution is -2.21. The van der Waals surface area contributed by atoms with Gasteiger partial charge in [-0.2, -0.15) is 0 Å². The Kier molecular flexibility index (Phi) is 5.38. The van der Waals surface area contributed by atoms with Crippen LogP contribution in [0.4, 0.5) is 0 Å². The molecule has 1 aromatic heterocycles. The Morgan fingerprint density at radius 2 is 2.21 bits per heavy atom. The van der Waals surface area contributed by atoms with Crippen LogP contribution in [0.15, 0.2) is 22.8 Å². The zero-order chi connectivity index (χ0) is 10.2. The Labute approximate surface area is 86.7 Å². The van der Waals surface area contributed by atoms with Crippen molar-refractivity contribution >= 4 is 0 Å². The molecule has 0 saturated heterocycles. The van der Waals surface area contributed by atoms with Gasteiger partial charge < -0.3 is 9.73 Å². The molecule has 0 radical (unpaired) electrons. The topological polar surface area (TPSA) is 25.2 Å². The highest BCUT2D eigenvalue weighted by Crippen LogP contribution is 2.19. The molecule has 0 aliphatic heterocycles. The lowest BCUT2D eigenvalue weighted by molar-refractivity contribution is 0.388. The third-order valence-electron chi connectivity index (χ3n) is 2.37. The second-order valence-corrected chi connectivity index (χ2v) is 3.66. The molecule has 0 spiro atoms. The Morgan fingerprint density at radius 1 is 1.36 bits per heavy atom. The molecule has 1 rings (SSSR count). The molecule has 80 valence electrons. The molecular formula is C12H21NO. The van der Waals surface area contributed by atoms with Crippen molar-refractivity contribution in [3.05, 3.63) is 24.2 Å². The average Bonchev–Trinajstić information content (AvgIpc) is 2.71. The molecule has 1 unspecified atom stereocenters. The number of hydrogen-bond donors (Lipinski definition) is 1. The van der Waals surface area contributed by atoms with Gasteiger partial charge in [0.1, 0.15) is 5.76 Å². The summed E-state index contributed by atoms with van der Waals surface area (Å²) < 4.78 is 5.43. The van der Waals surface area contributed by atoms with Crippen LogP contribution >= 0.6 is 0 Å². The molecule has 0 fully saturated rings. The second kappa shape index (κ2) is 6.66. The highest BCUT2D eigenvalue weighted by atomic mass is 16.3. The molecule has 1 heterocycles. The van der Waals surface area contributed by atoms with E-state index in [2.05, 4.69) is 25.2 Å². The van der Waals surface area contributed by atoms with Gasteiger partial charge in [-0.1, -0.05) is 26.7 Å². The molecule has 0 saturated carbocycles. The first kappa shape index (κ1) is 11.3. The van der Waals surface area contributed by atoms with Crippen molar-refractivity contribution in [3.63, 3.8) is 0 Å². The Balaban J connectivity index is 2.44. The highest BCUT2D eigenvalue weighted by molar-refractivity contribution is 5.04. The SMILES string of the molecule is CCCCC(NCCC)c1ccco1. The predicted molar refractivity (Wildman–Crippen MR) is 59.3 cm³/mol. The monoisotopic (exact) mass is 195 g/mol. The molecule has 0 aromatic carbocycles. The molecule has 2 nitrogen and oxygen atoms in total. The summed E-state index contributed by atoms with van der Waals surface area (Å²) in [6, 6.07) is 4.43. The fourth-order valence-corrected chi connectivity index (χ4v) is 1.56. The quantitative estimate of drug-likeness (QED) is 0.720. The van der Waals surface area contributed by atoms with Crippen LogP contribution in [-0.2, 0) is 0 Å². The minimum atomic E-state index is 0.407. The first-order valence-corrected chi connectivity index (χ1v) is 5.65. The van der Waals surface area contributed by atoms with Gasteiger partial charge in [-0.3, -0.25) is 0 Å². The molecule has 14 heavy (non-hydrogen) atoms. The molecule has 1 atom stereocenters. The van der Waals surface area contributed by atoms with E-state index in [1.807, 2.05) is 6.07 Å².